The van der Waals surface area contributed by atoms with E-state index in [9.17, 15) is 5.11 Å². The van der Waals surface area contributed by atoms with Crippen molar-refractivity contribution in [2.45, 2.75) is 78.6 Å². The summed E-state index contributed by atoms with van der Waals surface area (Å²) in [6, 6.07) is 54.2. The molecule has 0 aliphatic rings. The Bertz CT molecular complexity index is 3600. The second-order valence-electron chi connectivity index (χ2n) is 21.5. The zero-order chi connectivity index (χ0) is 47.9. The Hall–Kier alpha value is -7.50. The van der Waals surface area contributed by atoms with Gasteiger partial charge in [-0.25, -0.2) is 4.98 Å². The summed E-state index contributed by atoms with van der Waals surface area (Å²) in [6.45, 7) is 24.5. The molecule has 5 heteroatoms. The Morgan fingerprint density at radius 3 is 2.01 bits per heavy atom. The van der Waals surface area contributed by atoms with E-state index in [4.69, 9.17) is 9.97 Å². The summed E-state index contributed by atoms with van der Waals surface area (Å²) in [6.07, 6.45) is 3.85. The monoisotopic (exact) mass is 888 g/mol. The van der Waals surface area contributed by atoms with Crippen LogP contribution in [0.3, 0.4) is 0 Å². The normalized spacial score (nSPS) is 12.4. The van der Waals surface area contributed by atoms with Gasteiger partial charge in [0.2, 0.25) is 0 Å². The van der Waals surface area contributed by atoms with E-state index in [2.05, 4.69) is 211 Å². The van der Waals surface area contributed by atoms with Crippen LogP contribution >= 0.6 is 0 Å². The number of pyridine rings is 1. The molecule has 0 aliphatic heterocycles. The van der Waals surface area contributed by atoms with Crippen LogP contribution in [0.5, 0.6) is 5.75 Å². The van der Waals surface area contributed by atoms with Gasteiger partial charge in [0.15, 0.2) is 0 Å². The molecule has 0 unspecified atom stereocenters. The molecule has 0 radical (unpaired) electrons. The zero-order valence-corrected chi connectivity index (χ0v) is 41.0. The maximum absolute atomic E-state index is 12.0. The van der Waals surface area contributed by atoms with Crippen molar-refractivity contribution in [3.8, 4) is 67.5 Å². The van der Waals surface area contributed by atoms with Crippen molar-refractivity contribution in [1.29, 1.82) is 0 Å². The number of phenolic OH excluding ortho intramolecular Hbond substituents is 1. The average molecular weight is 889 g/mol. The number of nitrogens with zero attached hydrogens (tertiary/aromatic N) is 4. The summed E-state index contributed by atoms with van der Waals surface area (Å²) in [4.78, 5) is 10.4. The van der Waals surface area contributed by atoms with Gasteiger partial charge in [0, 0.05) is 46.7 Å². The second-order valence-corrected chi connectivity index (χ2v) is 21.5. The molecule has 0 aliphatic carbocycles. The van der Waals surface area contributed by atoms with Gasteiger partial charge < -0.3 is 14.2 Å². The molecule has 3 aromatic heterocycles. The van der Waals surface area contributed by atoms with Gasteiger partial charge in [-0.05, 0) is 133 Å². The first-order valence-electron chi connectivity index (χ1n) is 23.7. The number of hydrogen-bond donors (Lipinski definition) is 1. The van der Waals surface area contributed by atoms with E-state index < -0.39 is 0 Å². The number of imidazole rings is 1. The quantitative estimate of drug-likeness (QED) is 0.173. The van der Waals surface area contributed by atoms with Crippen LogP contribution < -0.4 is 0 Å². The number of aromatic hydroxyl groups is 1. The highest BCUT2D eigenvalue weighted by atomic mass is 16.3. The zero-order valence-electron chi connectivity index (χ0n) is 41.0. The molecule has 5 nitrogen and oxygen atoms in total. The molecule has 0 spiro atoms. The summed E-state index contributed by atoms with van der Waals surface area (Å²) < 4.78 is 4.39. The van der Waals surface area contributed by atoms with Gasteiger partial charge in [0.25, 0.3) is 0 Å². The third kappa shape index (κ3) is 7.80. The first-order chi connectivity index (χ1) is 32.4. The van der Waals surface area contributed by atoms with Crippen molar-refractivity contribution < 1.29 is 5.11 Å². The Balaban J connectivity index is 1.08. The number of aromatic nitrogens is 4. The van der Waals surface area contributed by atoms with Gasteiger partial charge in [-0.1, -0.05) is 160 Å². The highest BCUT2D eigenvalue weighted by molar-refractivity contribution is 6.01. The number of aryl methyl sites for hydroxylation is 1. The molecule has 0 bridgehead atoms. The molecule has 3 heterocycles. The molecule has 0 amide bonds. The second kappa shape index (κ2) is 16.4. The average Bonchev–Trinajstić information content (AvgIpc) is 3.87. The highest BCUT2D eigenvalue weighted by Gasteiger charge is 2.25. The lowest BCUT2D eigenvalue weighted by Crippen LogP contribution is -2.14. The van der Waals surface area contributed by atoms with E-state index in [1.165, 1.54) is 27.5 Å². The van der Waals surface area contributed by atoms with Crippen molar-refractivity contribution in [1.82, 2.24) is 19.1 Å². The van der Waals surface area contributed by atoms with Crippen LogP contribution in [0.15, 0.2) is 164 Å². The Kier molecular flexibility index (Phi) is 10.7. The molecule has 0 saturated carbocycles. The topological polar surface area (TPSA) is 55.9 Å². The Labute approximate surface area is 401 Å². The van der Waals surface area contributed by atoms with E-state index in [-0.39, 0.29) is 22.0 Å². The summed E-state index contributed by atoms with van der Waals surface area (Å²) in [5.74, 6) is 0.900. The van der Waals surface area contributed by atoms with Crippen LogP contribution in [0.2, 0.25) is 0 Å². The van der Waals surface area contributed by atoms with E-state index in [1.54, 1.807) is 0 Å². The van der Waals surface area contributed by atoms with Gasteiger partial charge in [-0.15, -0.1) is 0 Å². The van der Waals surface area contributed by atoms with Gasteiger partial charge in [-0.2, -0.15) is 0 Å². The largest absolute Gasteiger partial charge is 0.507 e. The molecule has 7 aromatic carbocycles. The standard InChI is InChI=1S/C63H60N4O/c1-12-47-36-42-18-16-22-51(59(42)67(47)48-19-14-13-15-20-48)40-30-31-64-54(37-40)44-32-43(34-46(35-44)62(5,6)7)50-21-17-23-55-58(50)65-60(66(55)11)52-27-24-41(38-56(52)68)57-49-28-26-45(61(2,3)4)33-39(49)25-29-53(57)63(8,9)10/h12-38,68H,1H2,2-11H3. The predicted molar refractivity (Wildman–Crippen MR) is 288 cm³/mol. The van der Waals surface area contributed by atoms with Crippen LogP contribution in [0.1, 0.15) is 84.7 Å². The lowest BCUT2D eigenvalue weighted by Gasteiger charge is -2.26. The van der Waals surface area contributed by atoms with Gasteiger partial charge in [0.1, 0.15) is 11.6 Å². The van der Waals surface area contributed by atoms with Crippen LogP contribution in [0.4, 0.5) is 0 Å². The number of hydrogen-bond acceptors (Lipinski definition) is 3. The number of benzene rings is 7. The molecule has 1 N–H and O–H groups in total. The van der Waals surface area contributed by atoms with E-state index >= 15 is 0 Å². The first-order valence-corrected chi connectivity index (χ1v) is 23.7. The smallest absolute Gasteiger partial charge is 0.144 e. The van der Waals surface area contributed by atoms with E-state index in [0.29, 0.717) is 11.4 Å². The third-order valence-corrected chi connectivity index (χ3v) is 13.7. The van der Waals surface area contributed by atoms with Crippen LogP contribution in [-0.2, 0) is 23.3 Å². The highest BCUT2D eigenvalue weighted by Crippen LogP contribution is 2.44. The molecule has 10 rings (SSSR count). The fourth-order valence-corrected chi connectivity index (χ4v) is 9.94. The maximum atomic E-state index is 12.0. The first kappa shape index (κ1) is 44.3. The number of phenols is 1. The molecule has 0 fully saturated rings. The fourth-order valence-electron chi connectivity index (χ4n) is 9.94. The summed E-state index contributed by atoms with van der Waals surface area (Å²) in [7, 11) is 2.04. The number of para-hydroxylation sites is 3. The lowest BCUT2D eigenvalue weighted by molar-refractivity contribution is 0.477. The molecular formula is C63H60N4O. The minimum absolute atomic E-state index is 0.0352. The van der Waals surface area contributed by atoms with E-state index in [0.717, 1.165) is 78.0 Å². The van der Waals surface area contributed by atoms with E-state index in [1.807, 2.05) is 37.5 Å². The summed E-state index contributed by atoms with van der Waals surface area (Å²) in [5.41, 5.74) is 17.7. The van der Waals surface area contributed by atoms with Crippen molar-refractivity contribution in [2.75, 3.05) is 0 Å². The minimum Gasteiger partial charge on any atom is -0.507 e. The third-order valence-electron chi connectivity index (χ3n) is 13.7. The number of rotatable bonds is 7. The lowest BCUT2D eigenvalue weighted by atomic mass is 9.78. The van der Waals surface area contributed by atoms with Gasteiger partial charge >= 0.3 is 0 Å². The molecule has 0 atom stereocenters. The van der Waals surface area contributed by atoms with Crippen LogP contribution in [0.25, 0.3) is 100 Å². The maximum Gasteiger partial charge on any atom is 0.144 e. The van der Waals surface area contributed by atoms with Crippen LogP contribution in [0, 0.1) is 0 Å². The summed E-state index contributed by atoms with van der Waals surface area (Å²) >= 11 is 0. The molecule has 338 valence electrons. The van der Waals surface area contributed by atoms with Gasteiger partial charge in [0.05, 0.1) is 27.8 Å². The van der Waals surface area contributed by atoms with Crippen molar-refractivity contribution in [2.24, 2.45) is 7.05 Å². The summed E-state index contributed by atoms with van der Waals surface area (Å²) in [5, 5.41) is 15.6. The molecule has 68 heavy (non-hydrogen) atoms. The molecule has 10 aromatic rings. The Morgan fingerprint density at radius 1 is 0.559 bits per heavy atom. The molecular weight excluding hydrogens is 829 g/mol. The van der Waals surface area contributed by atoms with Gasteiger partial charge in [-0.3, -0.25) is 4.98 Å². The van der Waals surface area contributed by atoms with Crippen molar-refractivity contribution in [3.63, 3.8) is 0 Å². The van der Waals surface area contributed by atoms with Crippen LogP contribution in [-0.4, -0.2) is 24.2 Å². The SMILES string of the molecule is C=Cc1cc2cccc(-c3ccnc(-c4cc(-c5cccc6c5nc(-c5ccc(-c7c(C(C)(C)C)ccc8cc(C(C)(C)C)ccc78)cc5O)n6C)cc(C(C)(C)C)c4)c3)c2n1-c1ccccc1. The predicted octanol–water partition coefficient (Wildman–Crippen LogP) is 16.6. The Morgan fingerprint density at radius 2 is 1.29 bits per heavy atom. The van der Waals surface area contributed by atoms with Crippen molar-refractivity contribution >= 4 is 38.8 Å². The van der Waals surface area contributed by atoms with Crippen molar-refractivity contribution in [3.05, 3.63) is 187 Å². The molecule has 0 saturated heterocycles. The number of fused-ring (bicyclic) bond motifs is 3. The minimum atomic E-state index is -0.145. The fraction of sp³-hybridized carbons (Fsp3) is 0.206.